The molecule has 0 bridgehead atoms. The summed E-state index contributed by atoms with van der Waals surface area (Å²) in [5, 5.41) is 16.1. The highest BCUT2D eigenvalue weighted by molar-refractivity contribution is 9.10. The van der Waals surface area contributed by atoms with E-state index in [0.717, 1.165) is 10.0 Å². The van der Waals surface area contributed by atoms with Crippen molar-refractivity contribution in [2.24, 2.45) is 0 Å². The van der Waals surface area contributed by atoms with Crippen LogP contribution >= 0.6 is 15.9 Å². The van der Waals surface area contributed by atoms with Crippen molar-refractivity contribution in [2.45, 2.75) is 6.92 Å². The number of carboxylic acids is 1. The van der Waals surface area contributed by atoms with Crippen LogP contribution in [0.15, 0.2) is 22.7 Å². The van der Waals surface area contributed by atoms with Crippen LogP contribution in [0.1, 0.15) is 16.1 Å². The molecule has 0 saturated carbocycles. The lowest BCUT2D eigenvalue weighted by Gasteiger charge is -2.06. The summed E-state index contributed by atoms with van der Waals surface area (Å²) >= 11 is 3.37. The largest absolute Gasteiger partial charge is 0.476 e. The van der Waals surface area contributed by atoms with Gasteiger partial charge in [-0.15, -0.1) is 5.10 Å². The van der Waals surface area contributed by atoms with Gasteiger partial charge in [0, 0.05) is 4.47 Å². The molecular weight excluding hydrogens is 288 g/mol. The highest BCUT2D eigenvalue weighted by Crippen LogP contribution is 2.24. The van der Waals surface area contributed by atoms with E-state index in [1.165, 1.54) is 4.68 Å². The van der Waals surface area contributed by atoms with Crippen LogP contribution in [0.4, 0.5) is 5.82 Å². The first-order chi connectivity index (χ1) is 8.00. The summed E-state index contributed by atoms with van der Waals surface area (Å²) in [6.45, 7) is 1.95. The fourth-order valence-corrected chi connectivity index (χ4v) is 2.06. The summed E-state index contributed by atoms with van der Waals surface area (Å²) in [7, 11) is 0. The fraction of sp³-hybridized carbons (Fsp3) is 0.100. The van der Waals surface area contributed by atoms with Crippen molar-refractivity contribution >= 4 is 27.7 Å². The minimum absolute atomic E-state index is 0.00190. The van der Waals surface area contributed by atoms with Gasteiger partial charge < -0.3 is 10.8 Å². The van der Waals surface area contributed by atoms with Crippen LogP contribution in [-0.4, -0.2) is 26.1 Å². The number of benzene rings is 1. The highest BCUT2D eigenvalue weighted by atomic mass is 79.9. The van der Waals surface area contributed by atoms with Crippen molar-refractivity contribution < 1.29 is 9.90 Å². The van der Waals surface area contributed by atoms with E-state index in [-0.39, 0.29) is 11.5 Å². The predicted octanol–water partition coefficient (Wildman–Crippen LogP) is 1.62. The Labute approximate surface area is 105 Å². The van der Waals surface area contributed by atoms with Crippen LogP contribution in [0.2, 0.25) is 0 Å². The van der Waals surface area contributed by atoms with E-state index in [4.69, 9.17) is 10.8 Å². The number of anilines is 1. The first-order valence-corrected chi connectivity index (χ1v) is 5.51. The van der Waals surface area contributed by atoms with Crippen LogP contribution in [-0.2, 0) is 0 Å². The Morgan fingerprint density at radius 2 is 2.24 bits per heavy atom. The second-order valence-electron chi connectivity index (χ2n) is 3.50. The molecular formula is C10H9BrN4O2. The third-order valence-corrected chi connectivity index (χ3v) is 2.87. The number of nitrogens with zero attached hydrogens (tertiary/aromatic N) is 3. The zero-order valence-electron chi connectivity index (χ0n) is 8.88. The molecule has 0 radical (unpaired) electrons. The first-order valence-electron chi connectivity index (χ1n) is 4.71. The minimum atomic E-state index is -1.20. The van der Waals surface area contributed by atoms with Crippen LogP contribution in [0, 0.1) is 6.92 Å². The molecule has 0 unspecified atom stereocenters. The molecule has 1 aromatic carbocycles. The minimum Gasteiger partial charge on any atom is -0.476 e. The molecule has 0 aliphatic rings. The molecule has 1 aromatic heterocycles. The van der Waals surface area contributed by atoms with Gasteiger partial charge >= 0.3 is 5.97 Å². The zero-order valence-corrected chi connectivity index (χ0v) is 10.5. The van der Waals surface area contributed by atoms with E-state index in [1.807, 2.05) is 19.1 Å². The number of carbonyl (C=O) groups is 1. The second kappa shape index (κ2) is 4.17. The van der Waals surface area contributed by atoms with Gasteiger partial charge in [0.15, 0.2) is 5.82 Å². The smallest absolute Gasteiger partial charge is 0.360 e. The number of aryl methyl sites for hydroxylation is 1. The fourth-order valence-electron chi connectivity index (χ4n) is 1.40. The third-order valence-electron chi connectivity index (χ3n) is 2.24. The van der Waals surface area contributed by atoms with Crippen molar-refractivity contribution in [3.8, 4) is 5.69 Å². The number of aromatic carboxylic acids is 1. The number of aromatic nitrogens is 3. The number of halogens is 1. The normalized spacial score (nSPS) is 10.5. The zero-order chi connectivity index (χ0) is 12.6. The van der Waals surface area contributed by atoms with Gasteiger partial charge in [0.1, 0.15) is 0 Å². The maximum atomic E-state index is 10.8. The quantitative estimate of drug-likeness (QED) is 0.878. The van der Waals surface area contributed by atoms with Crippen molar-refractivity contribution in [1.82, 2.24) is 15.0 Å². The summed E-state index contributed by atoms with van der Waals surface area (Å²) in [5.41, 5.74) is 7.14. The maximum Gasteiger partial charge on any atom is 0.360 e. The predicted molar refractivity (Wildman–Crippen MR) is 65.2 cm³/mol. The Morgan fingerprint density at radius 3 is 2.76 bits per heavy atom. The Bertz CT molecular complexity index is 594. The molecule has 0 atom stereocenters. The summed E-state index contributed by atoms with van der Waals surface area (Å²) in [6.07, 6.45) is 0. The van der Waals surface area contributed by atoms with Gasteiger partial charge in [-0.3, -0.25) is 0 Å². The molecule has 7 heteroatoms. The molecule has 6 nitrogen and oxygen atoms in total. The standard InChI is InChI=1S/C10H9BrN4O2/c1-5-2-3-7(6(11)4-5)15-9(12)8(10(16)17)13-14-15/h2-4H,12H2,1H3,(H,16,17). The topological polar surface area (TPSA) is 94.0 Å². The molecule has 0 saturated heterocycles. The Hall–Kier alpha value is -1.89. The Morgan fingerprint density at radius 1 is 1.53 bits per heavy atom. The molecule has 17 heavy (non-hydrogen) atoms. The maximum absolute atomic E-state index is 10.8. The molecule has 0 spiro atoms. The van der Waals surface area contributed by atoms with E-state index < -0.39 is 5.97 Å². The van der Waals surface area contributed by atoms with E-state index in [2.05, 4.69) is 26.2 Å². The first kappa shape index (κ1) is 11.6. The second-order valence-corrected chi connectivity index (χ2v) is 4.35. The van der Waals surface area contributed by atoms with Crippen molar-refractivity contribution in [3.63, 3.8) is 0 Å². The lowest BCUT2D eigenvalue weighted by atomic mass is 10.2. The molecule has 3 N–H and O–H groups in total. The van der Waals surface area contributed by atoms with Crippen LogP contribution in [0.5, 0.6) is 0 Å². The van der Waals surface area contributed by atoms with Crippen LogP contribution < -0.4 is 5.73 Å². The lowest BCUT2D eigenvalue weighted by molar-refractivity contribution is 0.0691. The average molecular weight is 297 g/mol. The number of carboxylic acid groups (broad SMARTS) is 1. The molecule has 0 fully saturated rings. The van der Waals surface area contributed by atoms with Crippen LogP contribution in [0.3, 0.4) is 0 Å². The molecule has 2 rings (SSSR count). The van der Waals surface area contributed by atoms with E-state index >= 15 is 0 Å². The number of nitrogens with two attached hydrogens (primary N) is 1. The van der Waals surface area contributed by atoms with Gasteiger partial charge in [-0.05, 0) is 40.5 Å². The van der Waals surface area contributed by atoms with Crippen molar-refractivity contribution in [3.05, 3.63) is 33.9 Å². The summed E-state index contributed by atoms with van der Waals surface area (Å²) in [6, 6.07) is 5.55. The van der Waals surface area contributed by atoms with Crippen molar-refractivity contribution in [2.75, 3.05) is 5.73 Å². The van der Waals surface area contributed by atoms with E-state index in [1.54, 1.807) is 6.07 Å². The molecule has 0 amide bonds. The number of hydrogen-bond donors (Lipinski definition) is 2. The summed E-state index contributed by atoms with van der Waals surface area (Å²) in [4.78, 5) is 10.8. The summed E-state index contributed by atoms with van der Waals surface area (Å²) < 4.78 is 2.05. The van der Waals surface area contributed by atoms with E-state index in [0.29, 0.717) is 5.69 Å². The SMILES string of the molecule is Cc1ccc(-n2nnc(C(=O)O)c2N)c(Br)c1. The third kappa shape index (κ3) is 2.01. The lowest BCUT2D eigenvalue weighted by Crippen LogP contribution is -2.06. The number of rotatable bonds is 2. The Balaban J connectivity index is 2.57. The van der Waals surface area contributed by atoms with Gasteiger partial charge in [-0.1, -0.05) is 11.3 Å². The molecule has 1 heterocycles. The Kier molecular flexibility index (Phi) is 2.84. The number of nitrogen functional groups attached to an aromatic ring is 1. The molecule has 2 aromatic rings. The molecule has 0 aliphatic heterocycles. The van der Waals surface area contributed by atoms with Gasteiger partial charge in [0.2, 0.25) is 5.69 Å². The summed E-state index contributed by atoms with van der Waals surface area (Å²) in [5.74, 6) is -1.20. The monoisotopic (exact) mass is 296 g/mol. The van der Waals surface area contributed by atoms with Gasteiger partial charge in [-0.2, -0.15) is 4.68 Å². The van der Waals surface area contributed by atoms with Crippen molar-refractivity contribution in [1.29, 1.82) is 0 Å². The van der Waals surface area contributed by atoms with Gasteiger partial charge in [0.05, 0.1) is 5.69 Å². The number of hydrogen-bond acceptors (Lipinski definition) is 4. The molecule has 0 aliphatic carbocycles. The van der Waals surface area contributed by atoms with Gasteiger partial charge in [-0.25, -0.2) is 4.79 Å². The highest BCUT2D eigenvalue weighted by Gasteiger charge is 2.18. The van der Waals surface area contributed by atoms with Gasteiger partial charge in [0.25, 0.3) is 0 Å². The molecule has 88 valence electrons. The van der Waals surface area contributed by atoms with Crippen LogP contribution in [0.25, 0.3) is 5.69 Å². The average Bonchev–Trinajstić information content (AvgIpc) is 2.60. The van der Waals surface area contributed by atoms with E-state index in [9.17, 15) is 4.79 Å².